The number of rotatable bonds is 5. The summed E-state index contributed by atoms with van der Waals surface area (Å²) >= 11 is 0. The van der Waals surface area contributed by atoms with Crippen LogP contribution in [0.1, 0.15) is 5.89 Å². The van der Waals surface area contributed by atoms with Gasteiger partial charge in [0.25, 0.3) is 0 Å². The van der Waals surface area contributed by atoms with Crippen LogP contribution in [0.15, 0.2) is 28.8 Å². The maximum atomic E-state index is 10.9. The van der Waals surface area contributed by atoms with Gasteiger partial charge in [-0.15, -0.1) is 0 Å². The minimum atomic E-state index is -3.29. The quantitative estimate of drug-likeness (QED) is 0.872. The first-order valence-electron chi connectivity index (χ1n) is 5.39. The molecule has 0 atom stereocenters. The molecule has 1 heterocycles. The Bertz CT molecular complexity index is 666. The van der Waals surface area contributed by atoms with Crippen LogP contribution in [0.4, 0.5) is 0 Å². The molecule has 0 amide bonds. The summed E-state index contributed by atoms with van der Waals surface area (Å²) in [5.74, 6) is 1.26. The van der Waals surface area contributed by atoms with Gasteiger partial charge in [-0.25, -0.2) is 13.1 Å². The molecule has 2 rings (SSSR count). The minimum absolute atomic E-state index is 0.0319. The van der Waals surface area contributed by atoms with Crippen molar-refractivity contribution in [2.75, 3.05) is 13.4 Å². The van der Waals surface area contributed by atoms with Crippen molar-refractivity contribution in [2.45, 2.75) is 6.54 Å². The summed E-state index contributed by atoms with van der Waals surface area (Å²) < 4.78 is 34.2. The second-order valence-corrected chi connectivity index (χ2v) is 5.67. The first-order valence-corrected chi connectivity index (χ1v) is 7.29. The average Bonchev–Trinajstić information content (AvgIpc) is 2.84. The number of benzene rings is 1. The zero-order chi connectivity index (χ0) is 13.9. The van der Waals surface area contributed by atoms with Crippen LogP contribution in [0.25, 0.3) is 11.4 Å². The Hall–Kier alpha value is -1.93. The van der Waals surface area contributed by atoms with Gasteiger partial charge in [0.15, 0.2) is 0 Å². The van der Waals surface area contributed by atoms with E-state index in [1.807, 2.05) is 0 Å². The van der Waals surface area contributed by atoms with Crippen LogP contribution in [0, 0.1) is 0 Å². The number of ether oxygens (including phenoxy) is 1. The minimum Gasteiger partial charge on any atom is -0.497 e. The fourth-order valence-electron chi connectivity index (χ4n) is 1.40. The first-order chi connectivity index (χ1) is 8.98. The van der Waals surface area contributed by atoms with E-state index in [4.69, 9.17) is 9.26 Å². The van der Waals surface area contributed by atoms with E-state index in [0.717, 1.165) is 11.8 Å². The maximum absolute atomic E-state index is 10.9. The van der Waals surface area contributed by atoms with Crippen LogP contribution in [0.2, 0.25) is 0 Å². The third-order valence-electron chi connectivity index (χ3n) is 2.28. The SMILES string of the molecule is COc1cccc(-c2noc(CNS(C)(=O)=O)n2)c1. The van der Waals surface area contributed by atoms with Gasteiger partial charge in [0.05, 0.1) is 19.9 Å². The van der Waals surface area contributed by atoms with Crippen molar-refractivity contribution in [3.8, 4) is 17.1 Å². The third kappa shape index (κ3) is 3.76. The molecule has 0 bridgehead atoms. The van der Waals surface area contributed by atoms with Crippen molar-refractivity contribution in [3.63, 3.8) is 0 Å². The number of methoxy groups -OCH3 is 1. The van der Waals surface area contributed by atoms with Crippen molar-refractivity contribution in [1.29, 1.82) is 0 Å². The largest absolute Gasteiger partial charge is 0.497 e. The molecule has 0 spiro atoms. The Morgan fingerprint density at radius 2 is 2.21 bits per heavy atom. The van der Waals surface area contributed by atoms with Crippen LogP contribution in [-0.4, -0.2) is 31.9 Å². The van der Waals surface area contributed by atoms with Crippen LogP contribution >= 0.6 is 0 Å². The Balaban J connectivity index is 2.16. The normalized spacial score (nSPS) is 11.5. The Morgan fingerprint density at radius 3 is 2.89 bits per heavy atom. The van der Waals surface area contributed by atoms with Gasteiger partial charge >= 0.3 is 0 Å². The molecule has 0 saturated heterocycles. The molecule has 19 heavy (non-hydrogen) atoms. The van der Waals surface area contributed by atoms with E-state index in [-0.39, 0.29) is 12.4 Å². The molecule has 0 aliphatic carbocycles. The summed E-state index contributed by atoms with van der Waals surface area (Å²) in [6, 6.07) is 7.18. The molecule has 102 valence electrons. The molecular weight excluding hydrogens is 270 g/mol. The monoisotopic (exact) mass is 283 g/mol. The van der Waals surface area contributed by atoms with Crippen molar-refractivity contribution in [1.82, 2.24) is 14.9 Å². The molecule has 0 unspecified atom stereocenters. The second-order valence-electron chi connectivity index (χ2n) is 3.84. The van der Waals surface area contributed by atoms with Gasteiger partial charge in [0.2, 0.25) is 21.7 Å². The van der Waals surface area contributed by atoms with Gasteiger partial charge < -0.3 is 9.26 Å². The van der Waals surface area contributed by atoms with E-state index in [0.29, 0.717) is 11.6 Å². The summed E-state index contributed by atoms with van der Waals surface area (Å²) in [6.45, 7) is -0.0319. The van der Waals surface area contributed by atoms with Crippen LogP contribution in [0.5, 0.6) is 5.75 Å². The fraction of sp³-hybridized carbons (Fsp3) is 0.273. The Labute approximate surface area is 110 Å². The van der Waals surface area contributed by atoms with E-state index in [9.17, 15) is 8.42 Å². The fourth-order valence-corrected chi connectivity index (χ4v) is 1.78. The van der Waals surface area contributed by atoms with Crippen LogP contribution < -0.4 is 9.46 Å². The number of nitrogens with zero attached hydrogens (tertiary/aromatic N) is 2. The summed E-state index contributed by atoms with van der Waals surface area (Å²) in [5.41, 5.74) is 0.730. The molecule has 0 fully saturated rings. The summed E-state index contributed by atoms with van der Waals surface area (Å²) in [6.07, 6.45) is 1.06. The van der Waals surface area contributed by atoms with Crippen molar-refractivity contribution in [2.24, 2.45) is 0 Å². The molecule has 0 saturated carbocycles. The molecule has 0 radical (unpaired) electrons. The lowest BCUT2D eigenvalue weighted by Crippen LogP contribution is -2.21. The van der Waals surface area contributed by atoms with Crippen LogP contribution in [-0.2, 0) is 16.6 Å². The lowest BCUT2D eigenvalue weighted by Gasteiger charge is -1.99. The molecule has 0 aliphatic rings. The lowest BCUT2D eigenvalue weighted by atomic mass is 10.2. The van der Waals surface area contributed by atoms with E-state index in [1.54, 1.807) is 31.4 Å². The highest BCUT2D eigenvalue weighted by Crippen LogP contribution is 2.21. The van der Waals surface area contributed by atoms with Crippen LogP contribution in [0.3, 0.4) is 0 Å². The highest BCUT2D eigenvalue weighted by molar-refractivity contribution is 7.88. The Kier molecular flexibility index (Phi) is 3.82. The highest BCUT2D eigenvalue weighted by atomic mass is 32.2. The smallest absolute Gasteiger partial charge is 0.242 e. The molecule has 2 aromatic rings. The first kappa shape index (κ1) is 13.5. The summed E-state index contributed by atoms with van der Waals surface area (Å²) in [7, 11) is -1.72. The van der Waals surface area contributed by atoms with Gasteiger partial charge in [-0.2, -0.15) is 4.98 Å². The predicted octanol–water partition coefficient (Wildman–Crippen LogP) is 0.794. The highest BCUT2D eigenvalue weighted by Gasteiger charge is 2.10. The summed E-state index contributed by atoms with van der Waals surface area (Å²) in [4.78, 5) is 4.10. The predicted molar refractivity (Wildman–Crippen MR) is 68.0 cm³/mol. The number of hydrogen-bond acceptors (Lipinski definition) is 6. The van der Waals surface area contributed by atoms with E-state index in [1.165, 1.54) is 0 Å². The zero-order valence-corrected chi connectivity index (χ0v) is 11.3. The van der Waals surface area contributed by atoms with E-state index >= 15 is 0 Å². The number of aromatic nitrogens is 2. The van der Waals surface area contributed by atoms with Crippen molar-refractivity contribution in [3.05, 3.63) is 30.2 Å². The topological polar surface area (TPSA) is 94.3 Å². The number of nitrogens with one attached hydrogen (secondary N) is 1. The molecular formula is C11H13N3O4S. The molecule has 1 N–H and O–H groups in total. The zero-order valence-electron chi connectivity index (χ0n) is 10.5. The standard InChI is InChI=1S/C11H13N3O4S/c1-17-9-5-3-4-8(6-9)11-13-10(18-14-11)7-12-19(2,15)16/h3-6,12H,7H2,1-2H3. The average molecular weight is 283 g/mol. The van der Waals surface area contributed by atoms with Gasteiger partial charge in [0.1, 0.15) is 5.75 Å². The van der Waals surface area contributed by atoms with Gasteiger partial charge in [-0.1, -0.05) is 17.3 Å². The lowest BCUT2D eigenvalue weighted by molar-refractivity contribution is 0.376. The molecule has 8 heteroatoms. The molecule has 1 aromatic carbocycles. The molecule has 7 nitrogen and oxygen atoms in total. The maximum Gasteiger partial charge on any atom is 0.242 e. The number of sulfonamides is 1. The van der Waals surface area contributed by atoms with Gasteiger partial charge in [-0.05, 0) is 12.1 Å². The molecule has 0 aliphatic heterocycles. The van der Waals surface area contributed by atoms with E-state index in [2.05, 4.69) is 14.9 Å². The van der Waals surface area contributed by atoms with Crippen molar-refractivity contribution >= 4 is 10.0 Å². The third-order valence-corrected chi connectivity index (χ3v) is 2.95. The Morgan fingerprint density at radius 1 is 1.42 bits per heavy atom. The summed E-state index contributed by atoms with van der Waals surface area (Å²) in [5, 5.41) is 3.79. The van der Waals surface area contributed by atoms with Gasteiger partial charge in [-0.3, -0.25) is 0 Å². The van der Waals surface area contributed by atoms with Crippen molar-refractivity contribution < 1.29 is 17.7 Å². The van der Waals surface area contributed by atoms with Gasteiger partial charge in [0, 0.05) is 5.56 Å². The molecule has 1 aromatic heterocycles. The van der Waals surface area contributed by atoms with E-state index < -0.39 is 10.0 Å². The number of hydrogen-bond donors (Lipinski definition) is 1. The second kappa shape index (κ2) is 5.37.